The average Bonchev–Trinajstić information content (AvgIpc) is 2.97. The van der Waals surface area contributed by atoms with E-state index in [0.29, 0.717) is 34.6 Å². The Morgan fingerprint density at radius 3 is 2.52 bits per heavy atom. The Morgan fingerprint density at radius 2 is 1.87 bits per heavy atom. The van der Waals surface area contributed by atoms with Crippen molar-refractivity contribution < 1.29 is 19.1 Å². The van der Waals surface area contributed by atoms with Crippen LogP contribution in [0.4, 0.5) is 16.2 Å². The number of urea groups is 1. The molecule has 8 heteroatoms. The van der Waals surface area contributed by atoms with Crippen LogP contribution in [0.2, 0.25) is 5.02 Å². The molecule has 3 rings (SSSR count). The smallest absolute Gasteiger partial charge is 0.332 e. The van der Waals surface area contributed by atoms with Crippen LogP contribution in [-0.4, -0.2) is 42.4 Å². The molecule has 1 fully saturated rings. The van der Waals surface area contributed by atoms with E-state index in [1.165, 1.54) is 12.0 Å². The van der Waals surface area contributed by atoms with Gasteiger partial charge >= 0.3 is 6.03 Å². The van der Waals surface area contributed by atoms with E-state index in [1.807, 2.05) is 13.8 Å². The predicted octanol–water partition coefficient (Wildman–Crippen LogP) is 4.56. The lowest BCUT2D eigenvalue weighted by Gasteiger charge is -2.22. The van der Waals surface area contributed by atoms with Crippen LogP contribution in [0.5, 0.6) is 5.75 Å². The Hall–Kier alpha value is -3.06. The number of anilines is 2. The van der Waals surface area contributed by atoms with E-state index < -0.39 is 18.0 Å². The molecule has 4 amide bonds. The van der Waals surface area contributed by atoms with Crippen molar-refractivity contribution >= 4 is 40.8 Å². The number of nitrogens with one attached hydrogen (secondary N) is 1. The van der Waals surface area contributed by atoms with Gasteiger partial charge in [0.1, 0.15) is 11.8 Å². The fourth-order valence-electron chi connectivity index (χ4n) is 3.39. The molecule has 0 saturated carbocycles. The number of rotatable bonds is 8. The second-order valence-corrected chi connectivity index (χ2v) is 8.25. The number of imide groups is 1. The highest BCUT2D eigenvalue weighted by Gasteiger charge is 2.46. The molecule has 1 saturated heterocycles. The molecule has 31 heavy (non-hydrogen) atoms. The van der Waals surface area contributed by atoms with Crippen LogP contribution in [0.15, 0.2) is 48.5 Å². The van der Waals surface area contributed by atoms with E-state index in [2.05, 4.69) is 5.32 Å². The SMILES string of the molecule is COc1cccc(N2C(=O)[C@@H](CC(=O)Nc3ccc(Cl)cc3)N(CCC(C)C)C2=O)c1. The molecule has 0 spiro atoms. The molecule has 0 unspecified atom stereocenters. The van der Waals surface area contributed by atoms with Gasteiger partial charge in [0.15, 0.2) is 0 Å². The maximum Gasteiger partial charge on any atom is 0.332 e. The number of carbonyl (C=O) groups is 3. The number of amides is 4. The summed E-state index contributed by atoms with van der Waals surface area (Å²) >= 11 is 5.88. The highest BCUT2D eigenvalue weighted by atomic mass is 35.5. The van der Waals surface area contributed by atoms with Crippen LogP contribution in [0.25, 0.3) is 0 Å². The summed E-state index contributed by atoms with van der Waals surface area (Å²) in [5.74, 6) is 0.108. The molecule has 1 atom stereocenters. The third kappa shape index (κ3) is 5.35. The first-order valence-corrected chi connectivity index (χ1v) is 10.5. The van der Waals surface area contributed by atoms with E-state index >= 15 is 0 Å². The minimum Gasteiger partial charge on any atom is -0.497 e. The van der Waals surface area contributed by atoms with Gasteiger partial charge < -0.3 is 15.0 Å². The van der Waals surface area contributed by atoms with Gasteiger partial charge in [0.05, 0.1) is 19.2 Å². The van der Waals surface area contributed by atoms with Gasteiger partial charge in [-0.05, 0) is 48.7 Å². The summed E-state index contributed by atoms with van der Waals surface area (Å²) in [4.78, 5) is 41.7. The number of hydrogen-bond donors (Lipinski definition) is 1. The van der Waals surface area contributed by atoms with Crippen molar-refractivity contribution in [1.82, 2.24) is 4.90 Å². The van der Waals surface area contributed by atoms with Gasteiger partial charge in [-0.15, -0.1) is 0 Å². The Balaban J connectivity index is 1.82. The summed E-state index contributed by atoms with van der Waals surface area (Å²) in [7, 11) is 1.52. The van der Waals surface area contributed by atoms with E-state index in [-0.39, 0.29) is 12.3 Å². The summed E-state index contributed by atoms with van der Waals surface area (Å²) in [6, 6.07) is 12.2. The molecule has 0 aromatic heterocycles. The molecule has 7 nitrogen and oxygen atoms in total. The van der Waals surface area contributed by atoms with Crippen molar-refractivity contribution in [2.24, 2.45) is 5.92 Å². The molecule has 1 aliphatic heterocycles. The molecule has 164 valence electrons. The monoisotopic (exact) mass is 443 g/mol. The van der Waals surface area contributed by atoms with E-state index in [9.17, 15) is 14.4 Å². The number of halogens is 1. The molecule has 2 aromatic rings. The van der Waals surface area contributed by atoms with Crippen LogP contribution in [0, 0.1) is 5.92 Å². The first-order valence-electron chi connectivity index (χ1n) is 10.1. The molecule has 1 heterocycles. The first-order chi connectivity index (χ1) is 14.8. The lowest BCUT2D eigenvalue weighted by Crippen LogP contribution is -2.39. The largest absolute Gasteiger partial charge is 0.497 e. The minimum atomic E-state index is -0.871. The van der Waals surface area contributed by atoms with Gasteiger partial charge in [-0.2, -0.15) is 0 Å². The maximum atomic E-state index is 13.2. The third-order valence-corrected chi connectivity index (χ3v) is 5.34. The number of methoxy groups -OCH3 is 1. The van der Waals surface area contributed by atoms with Gasteiger partial charge in [-0.1, -0.05) is 31.5 Å². The van der Waals surface area contributed by atoms with E-state index in [1.54, 1.807) is 48.5 Å². The standard InChI is InChI=1S/C23H26ClN3O4/c1-15(2)11-12-26-20(14-21(28)25-17-9-7-16(24)8-10-17)22(29)27(23(26)30)18-5-4-6-19(13-18)31-3/h4-10,13,15,20H,11-12,14H2,1-3H3,(H,25,28)/t20-/m1/s1. The van der Waals surface area contributed by atoms with Crippen molar-refractivity contribution in [3.8, 4) is 5.75 Å². The first kappa shape index (κ1) is 22.6. The van der Waals surface area contributed by atoms with Gasteiger partial charge in [0.2, 0.25) is 5.91 Å². The zero-order chi connectivity index (χ0) is 22.5. The second-order valence-electron chi connectivity index (χ2n) is 7.81. The van der Waals surface area contributed by atoms with Crippen LogP contribution < -0.4 is 15.0 Å². The van der Waals surface area contributed by atoms with Crippen LogP contribution in [0.1, 0.15) is 26.7 Å². The van der Waals surface area contributed by atoms with Crippen LogP contribution in [0.3, 0.4) is 0 Å². The maximum absolute atomic E-state index is 13.2. The van der Waals surface area contributed by atoms with Crippen molar-refractivity contribution in [1.29, 1.82) is 0 Å². The summed E-state index contributed by atoms with van der Waals surface area (Å²) in [6.07, 6.45) is 0.589. The van der Waals surface area contributed by atoms with Crippen molar-refractivity contribution in [2.45, 2.75) is 32.7 Å². The number of benzene rings is 2. The molecule has 0 radical (unpaired) electrons. The molecular weight excluding hydrogens is 418 g/mol. The quantitative estimate of drug-likeness (QED) is 0.606. The highest BCUT2D eigenvalue weighted by molar-refractivity contribution is 6.30. The lowest BCUT2D eigenvalue weighted by atomic mass is 10.1. The Labute approximate surface area is 186 Å². The van der Waals surface area contributed by atoms with Gasteiger partial charge in [0.25, 0.3) is 5.91 Å². The number of hydrogen-bond acceptors (Lipinski definition) is 4. The van der Waals surface area contributed by atoms with Gasteiger partial charge in [-0.25, -0.2) is 9.69 Å². The normalized spacial score (nSPS) is 16.2. The van der Waals surface area contributed by atoms with E-state index in [4.69, 9.17) is 16.3 Å². The fraction of sp³-hybridized carbons (Fsp3) is 0.348. The number of nitrogens with zero attached hydrogens (tertiary/aromatic N) is 2. The van der Waals surface area contributed by atoms with Gasteiger partial charge in [0, 0.05) is 23.3 Å². The highest BCUT2D eigenvalue weighted by Crippen LogP contribution is 2.30. The molecular formula is C23H26ClN3O4. The lowest BCUT2D eigenvalue weighted by molar-refractivity contribution is -0.124. The predicted molar refractivity (Wildman–Crippen MR) is 121 cm³/mol. The van der Waals surface area contributed by atoms with Crippen LogP contribution in [-0.2, 0) is 9.59 Å². The zero-order valence-electron chi connectivity index (χ0n) is 17.8. The Kier molecular flexibility index (Phi) is 7.17. The molecule has 0 aliphatic carbocycles. The minimum absolute atomic E-state index is 0.133. The summed E-state index contributed by atoms with van der Waals surface area (Å²) < 4.78 is 5.22. The van der Waals surface area contributed by atoms with Crippen molar-refractivity contribution in [3.05, 3.63) is 53.6 Å². The topological polar surface area (TPSA) is 79.0 Å². The summed E-state index contributed by atoms with van der Waals surface area (Å²) in [6.45, 7) is 4.48. The summed E-state index contributed by atoms with van der Waals surface area (Å²) in [5.41, 5.74) is 0.995. The number of carbonyl (C=O) groups excluding carboxylic acids is 3. The Bertz CT molecular complexity index is 962. The zero-order valence-corrected chi connectivity index (χ0v) is 18.6. The average molecular weight is 444 g/mol. The fourth-order valence-corrected chi connectivity index (χ4v) is 3.52. The number of ether oxygens (including phenoxy) is 1. The van der Waals surface area contributed by atoms with E-state index in [0.717, 1.165) is 11.3 Å². The second kappa shape index (κ2) is 9.83. The van der Waals surface area contributed by atoms with Crippen molar-refractivity contribution in [3.63, 3.8) is 0 Å². The molecule has 2 aromatic carbocycles. The molecule has 1 aliphatic rings. The molecule has 1 N–H and O–H groups in total. The van der Waals surface area contributed by atoms with Gasteiger partial charge in [-0.3, -0.25) is 9.59 Å². The summed E-state index contributed by atoms with van der Waals surface area (Å²) in [5, 5.41) is 3.32. The Morgan fingerprint density at radius 1 is 1.16 bits per heavy atom. The van der Waals surface area contributed by atoms with Crippen molar-refractivity contribution in [2.75, 3.05) is 23.9 Å². The van der Waals surface area contributed by atoms with Crippen LogP contribution >= 0.6 is 11.6 Å². The molecule has 0 bridgehead atoms. The third-order valence-electron chi connectivity index (χ3n) is 5.08.